The molecule has 0 fully saturated rings. The van der Waals surface area contributed by atoms with Gasteiger partial charge in [-0.1, -0.05) is 0 Å². The van der Waals surface area contributed by atoms with E-state index in [4.69, 9.17) is 9.68 Å². The quantitative estimate of drug-likeness (QED) is 0.610. The van der Waals surface area contributed by atoms with Crippen molar-refractivity contribution < 1.29 is 9.21 Å². The van der Waals surface area contributed by atoms with Crippen LogP contribution in [0.5, 0.6) is 0 Å². The summed E-state index contributed by atoms with van der Waals surface area (Å²) in [6, 6.07) is 5.23. The maximum Gasteiger partial charge on any atom is 0.262 e. The third-order valence-electron chi connectivity index (χ3n) is 1.68. The van der Waals surface area contributed by atoms with E-state index in [1.807, 2.05) is 26.8 Å². The van der Waals surface area contributed by atoms with Gasteiger partial charge in [-0.15, -0.1) is 0 Å². The molecule has 1 aromatic heterocycles. The number of nitrogens with zero attached hydrogens (tertiary/aromatic N) is 1. The number of nitriles is 1. The Morgan fingerprint density at radius 3 is 2.69 bits per heavy atom. The van der Waals surface area contributed by atoms with E-state index in [0.29, 0.717) is 5.76 Å². The van der Waals surface area contributed by atoms with E-state index in [0.717, 1.165) is 0 Å². The van der Waals surface area contributed by atoms with Crippen molar-refractivity contribution >= 4 is 12.0 Å². The Labute approximate surface area is 94.6 Å². The molecule has 0 atom stereocenters. The van der Waals surface area contributed by atoms with Gasteiger partial charge in [0.25, 0.3) is 5.91 Å². The van der Waals surface area contributed by atoms with Crippen LogP contribution in [-0.2, 0) is 4.79 Å². The van der Waals surface area contributed by atoms with E-state index in [1.165, 1.54) is 12.3 Å². The average Bonchev–Trinajstić information content (AvgIpc) is 2.63. The molecule has 0 saturated carbocycles. The summed E-state index contributed by atoms with van der Waals surface area (Å²) in [5.41, 5.74) is -0.333. The Bertz CT molecular complexity index is 431. The molecule has 0 saturated heterocycles. The highest BCUT2D eigenvalue weighted by Gasteiger charge is 2.17. The molecule has 4 heteroatoms. The van der Waals surface area contributed by atoms with Gasteiger partial charge in [-0.25, -0.2) is 0 Å². The fourth-order valence-electron chi connectivity index (χ4n) is 1.07. The molecule has 4 nitrogen and oxygen atoms in total. The first kappa shape index (κ1) is 12.1. The number of carbonyl (C=O) groups excluding carboxylic acids is 1. The molecule has 0 aliphatic rings. The number of hydrogen-bond donors (Lipinski definition) is 1. The minimum Gasteiger partial charge on any atom is -0.465 e. The lowest BCUT2D eigenvalue weighted by Crippen LogP contribution is -2.41. The van der Waals surface area contributed by atoms with Crippen molar-refractivity contribution in [1.82, 2.24) is 5.32 Å². The summed E-state index contributed by atoms with van der Waals surface area (Å²) in [6.07, 6.45) is 2.91. The highest BCUT2D eigenvalue weighted by Crippen LogP contribution is 2.08. The first-order valence-electron chi connectivity index (χ1n) is 4.90. The average molecular weight is 218 g/mol. The van der Waals surface area contributed by atoms with E-state index in [1.54, 1.807) is 12.1 Å². The van der Waals surface area contributed by atoms with Crippen LogP contribution in [0.1, 0.15) is 26.5 Å². The van der Waals surface area contributed by atoms with Gasteiger partial charge in [0.1, 0.15) is 17.4 Å². The van der Waals surface area contributed by atoms with Crippen LogP contribution in [0.3, 0.4) is 0 Å². The Hall–Kier alpha value is -2.02. The molecule has 1 heterocycles. The standard InChI is InChI=1S/C12H14N2O2/c1-12(2,3)14-11(15)9(8-13)7-10-5-4-6-16-10/h4-7H,1-3H3,(H,14,15)/b9-7-. The van der Waals surface area contributed by atoms with Crippen LogP contribution in [0.15, 0.2) is 28.4 Å². The molecule has 0 bridgehead atoms. The Kier molecular flexibility index (Phi) is 3.51. The highest BCUT2D eigenvalue weighted by molar-refractivity contribution is 6.01. The summed E-state index contributed by atoms with van der Waals surface area (Å²) < 4.78 is 5.04. The SMILES string of the molecule is CC(C)(C)NC(=O)/C(C#N)=C\c1ccco1. The van der Waals surface area contributed by atoms with Crippen LogP contribution in [0.25, 0.3) is 6.08 Å². The fraction of sp³-hybridized carbons (Fsp3) is 0.333. The number of nitrogens with one attached hydrogen (secondary N) is 1. The summed E-state index contributed by atoms with van der Waals surface area (Å²) in [6.45, 7) is 5.56. The maximum absolute atomic E-state index is 11.7. The minimum atomic E-state index is -0.397. The summed E-state index contributed by atoms with van der Waals surface area (Å²) in [7, 11) is 0. The molecule has 0 aliphatic heterocycles. The molecule has 1 amide bonds. The molecule has 0 aromatic carbocycles. The normalized spacial score (nSPS) is 12.0. The third-order valence-corrected chi connectivity index (χ3v) is 1.68. The zero-order chi connectivity index (χ0) is 12.2. The van der Waals surface area contributed by atoms with Gasteiger partial charge in [-0.2, -0.15) is 5.26 Å². The van der Waals surface area contributed by atoms with E-state index in [2.05, 4.69) is 5.32 Å². The lowest BCUT2D eigenvalue weighted by atomic mass is 10.1. The van der Waals surface area contributed by atoms with Gasteiger partial charge in [-0.3, -0.25) is 4.79 Å². The molecular formula is C12H14N2O2. The van der Waals surface area contributed by atoms with E-state index < -0.39 is 5.91 Å². The molecule has 0 radical (unpaired) electrons. The number of amides is 1. The smallest absolute Gasteiger partial charge is 0.262 e. The first-order valence-corrected chi connectivity index (χ1v) is 4.90. The van der Waals surface area contributed by atoms with Crippen LogP contribution in [0.2, 0.25) is 0 Å². The molecular weight excluding hydrogens is 204 g/mol. The Morgan fingerprint density at radius 1 is 1.56 bits per heavy atom. The van der Waals surface area contributed by atoms with Crippen molar-refractivity contribution in [2.45, 2.75) is 26.3 Å². The van der Waals surface area contributed by atoms with E-state index >= 15 is 0 Å². The first-order chi connectivity index (χ1) is 7.42. The summed E-state index contributed by atoms with van der Waals surface area (Å²) in [5, 5.41) is 11.6. The topological polar surface area (TPSA) is 66.0 Å². The maximum atomic E-state index is 11.7. The highest BCUT2D eigenvalue weighted by atomic mass is 16.3. The van der Waals surface area contributed by atoms with Crippen molar-refractivity contribution in [3.05, 3.63) is 29.7 Å². The van der Waals surface area contributed by atoms with E-state index in [-0.39, 0.29) is 11.1 Å². The largest absolute Gasteiger partial charge is 0.465 e. The zero-order valence-corrected chi connectivity index (χ0v) is 9.57. The van der Waals surface area contributed by atoms with Crippen molar-refractivity contribution in [1.29, 1.82) is 5.26 Å². The van der Waals surface area contributed by atoms with Crippen LogP contribution < -0.4 is 5.32 Å². The molecule has 0 aliphatic carbocycles. The van der Waals surface area contributed by atoms with Crippen molar-refractivity contribution in [2.75, 3.05) is 0 Å². The predicted molar refractivity (Wildman–Crippen MR) is 60.2 cm³/mol. The molecule has 0 spiro atoms. The van der Waals surface area contributed by atoms with Crippen molar-refractivity contribution in [3.8, 4) is 6.07 Å². The van der Waals surface area contributed by atoms with Gasteiger partial charge in [0, 0.05) is 11.6 Å². The molecule has 84 valence electrons. The Balaban J connectivity index is 2.85. The lowest BCUT2D eigenvalue weighted by Gasteiger charge is -2.19. The molecule has 1 N–H and O–H groups in total. The zero-order valence-electron chi connectivity index (χ0n) is 9.57. The molecule has 16 heavy (non-hydrogen) atoms. The van der Waals surface area contributed by atoms with Gasteiger partial charge in [-0.05, 0) is 32.9 Å². The van der Waals surface area contributed by atoms with Gasteiger partial charge in [0.2, 0.25) is 0 Å². The monoisotopic (exact) mass is 218 g/mol. The second-order valence-electron chi connectivity index (χ2n) is 4.39. The predicted octanol–water partition coefficient (Wildman–Crippen LogP) is 2.10. The van der Waals surface area contributed by atoms with Crippen LogP contribution in [0.4, 0.5) is 0 Å². The molecule has 1 rings (SSSR count). The molecule has 0 unspecified atom stereocenters. The number of carbonyl (C=O) groups is 1. The number of rotatable bonds is 2. The van der Waals surface area contributed by atoms with Crippen LogP contribution >= 0.6 is 0 Å². The van der Waals surface area contributed by atoms with Gasteiger partial charge < -0.3 is 9.73 Å². The second-order valence-corrected chi connectivity index (χ2v) is 4.39. The third kappa shape index (κ3) is 3.62. The fourth-order valence-corrected chi connectivity index (χ4v) is 1.07. The second kappa shape index (κ2) is 4.67. The number of hydrogen-bond acceptors (Lipinski definition) is 3. The van der Waals surface area contributed by atoms with Gasteiger partial charge >= 0.3 is 0 Å². The van der Waals surface area contributed by atoms with Crippen LogP contribution in [-0.4, -0.2) is 11.4 Å². The summed E-state index contributed by atoms with van der Waals surface area (Å²) in [5.74, 6) is 0.0898. The van der Waals surface area contributed by atoms with Gasteiger partial charge in [0.15, 0.2) is 0 Å². The van der Waals surface area contributed by atoms with E-state index in [9.17, 15) is 4.79 Å². The van der Waals surface area contributed by atoms with Gasteiger partial charge in [0.05, 0.1) is 6.26 Å². The van der Waals surface area contributed by atoms with Crippen molar-refractivity contribution in [3.63, 3.8) is 0 Å². The number of furan rings is 1. The molecule has 1 aromatic rings. The van der Waals surface area contributed by atoms with Crippen molar-refractivity contribution in [2.24, 2.45) is 0 Å². The van der Waals surface area contributed by atoms with Crippen LogP contribution in [0, 0.1) is 11.3 Å². The Morgan fingerprint density at radius 2 is 2.25 bits per heavy atom. The minimum absolute atomic E-state index is 0.0323. The lowest BCUT2D eigenvalue weighted by molar-refractivity contribution is -0.118. The summed E-state index contributed by atoms with van der Waals surface area (Å²) >= 11 is 0. The summed E-state index contributed by atoms with van der Waals surface area (Å²) in [4.78, 5) is 11.7.